The van der Waals surface area contributed by atoms with Crippen molar-refractivity contribution in [3.05, 3.63) is 12.2 Å². The number of carbonyl (C=O) groups excluding carboxylic acids is 5. The van der Waals surface area contributed by atoms with Crippen LogP contribution in [0, 0.1) is 0 Å². The van der Waals surface area contributed by atoms with Gasteiger partial charge in [-0.3, -0.25) is 24.1 Å². The van der Waals surface area contributed by atoms with Gasteiger partial charge in [0.05, 0.1) is 51.7 Å². The van der Waals surface area contributed by atoms with E-state index in [1.165, 1.54) is 12.2 Å². The second-order valence-corrected chi connectivity index (χ2v) is 10.6. The normalized spacial score (nSPS) is 21.7. The van der Waals surface area contributed by atoms with Gasteiger partial charge in [-0.2, -0.15) is 11.8 Å². The summed E-state index contributed by atoms with van der Waals surface area (Å²) >= 11 is 1.89. The molecule has 14 heteroatoms. The van der Waals surface area contributed by atoms with E-state index < -0.39 is 11.8 Å². The van der Waals surface area contributed by atoms with Crippen molar-refractivity contribution in [2.75, 3.05) is 65.0 Å². The largest absolute Gasteiger partial charge is 0.377 e. The standard InChI is InChI=1S/C25H39N5O8S/c31-20(4-2-1-3-19-24-18(17-39-19)28-25(35)29-24)26-8-11-36-13-15-38-16-14-37-12-9-27-21(32)7-10-30-22(33)5-6-23(30)34/h5-6,18-19,24H,1-4,7-17H2,(H,26,31)(H,27,32)(H2,28,29,35)/t18-,19+,24-/m1/s1. The summed E-state index contributed by atoms with van der Waals surface area (Å²) in [5.41, 5.74) is 0. The van der Waals surface area contributed by atoms with Crippen LogP contribution in [0.5, 0.6) is 0 Å². The molecule has 39 heavy (non-hydrogen) atoms. The minimum absolute atomic E-state index is 0.0186. The van der Waals surface area contributed by atoms with Gasteiger partial charge in [0, 0.05) is 55.6 Å². The summed E-state index contributed by atoms with van der Waals surface area (Å²) in [4.78, 5) is 59.0. The molecule has 0 radical (unpaired) electrons. The van der Waals surface area contributed by atoms with Gasteiger partial charge in [-0.15, -0.1) is 0 Å². The highest BCUT2D eigenvalue weighted by atomic mass is 32.2. The van der Waals surface area contributed by atoms with Crippen LogP contribution in [-0.4, -0.2) is 117 Å². The SMILES string of the molecule is O=C(CCCC[C@@H]1SC[C@H]2NC(=O)N[C@@H]12)NCCOCCOCCOCCNC(=O)CCN1C(=O)C=CC1=O. The maximum atomic E-state index is 12.0. The minimum Gasteiger partial charge on any atom is -0.377 e. The van der Waals surface area contributed by atoms with Crippen molar-refractivity contribution in [1.29, 1.82) is 0 Å². The van der Waals surface area contributed by atoms with Crippen LogP contribution in [0.4, 0.5) is 4.79 Å². The molecule has 2 saturated heterocycles. The Hall–Kier alpha value is -2.68. The maximum Gasteiger partial charge on any atom is 0.315 e. The Labute approximate surface area is 232 Å². The molecule has 218 valence electrons. The van der Waals surface area contributed by atoms with Gasteiger partial charge < -0.3 is 35.5 Å². The highest BCUT2D eigenvalue weighted by molar-refractivity contribution is 8.00. The lowest BCUT2D eigenvalue weighted by molar-refractivity contribution is -0.137. The highest BCUT2D eigenvalue weighted by Crippen LogP contribution is 2.33. The molecule has 0 spiro atoms. The predicted octanol–water partition coefficient (Wildman–Crippen LogP) is -0.690. The van der Waals surface area contributed by atoms with E-state index in [1.54, 1.807) is 0 Å². The summed E-state index contributed by atoms with van der Waals surface area (Å²) in [5, 5.41) is 11.9. The molecule has 2 fully saturated rings. The van der Waals surface area contributed by atoms with Crippen molar-refractivity contribution in [3.8, 4) is 0 Å². The first-order chi connectivity index (χ1) is 18.9. The first kappa shape index (κ1) is 30.9. The van der Waals surface area contributed by atoms with Crippen molar-refractivity contribution >= 4 is 41.4 Å². The summed E-state index contributed by atoms with van der Waals surface area (Å²) in [6.45, 7) is 3.16. The number of ether oxygens (including phenoxy) is 3. The van der Waals surface area contributed by atoms with Gasteiger partial charge in [0.2, 0.25) is 11.8 Å². The van der Waals surface area contributed by atoms with Crippen LogP contribution in [0.3, 0.4) is 0 Å². The third kappa shape index (κ3) is 11.1. The summed E-state index contributed by atoms with van der Waals surface area (Å²) in [5.74, 6) is -0.0896. The fraction of sp³-hybridized carbons (Fsp3) is 0.720. The van der Waals surface area contributed by atoms with Crippen LogP contribution in [0.1, 0.15) is 32.1 Å². The molecule has 0 aliphatic carbocycles. The van der Waals surface area contributed by atoms with Gasteiger partial charge in [0.15, 0.2) is 0 Å². The molecular weight excluding hydrogens is 530 g/mol. The Morgan fingerprint density at radius 1 is 0.846 bits per heavy atom. The van der Waals surface area contributed by atoms with E-state index in [1.807, 2.05) is 11.8 Å². The van der Waals surface area contributed by atoms with E-state index in [-0.39, 0.29) is 42.9 Å². The number of hydrogen-bond acceptors (Lipinski definition) is 9. The highest BCUT2D eigenvalue weighted by Gasteiger charge is 2.42. The number of nitrogens with one attached hydrogen (secondary N) is 4. The van der Waals surface area contributed by atoms with Crippen molar-refractivity contribution in [2.45, 2.75) is 49.4 Å². The first-order valence-corrected chi connectivity index (χ1v) is 14.5. The van der Waals surface area contributed by atoms with Crippen LogP contribution < -0.4 is 21.3 Å². The second-order valence-electron chi connectivity index (χ2n) is 9.32. The molecule has 0 unspecified atom stereocenters. The molecule has 3 aliphatic heterocycles. The summed E-state index contributed by atoms with van der Waals surface area (Å²) in [6, 6.07) is 0.376. The predicted molar refractivity (Wildman–Crippen MR) is 143 cm³/mol. The minimum atomic E-state index is -0.400. The Morgan fingerprint density at radius 2 is 1.44 bits per heavy atom. The lowest BCUT2D eigenvalue weighted by Gasteiger charge is -2.16. The average Bonchev–Trinajstić information content (AvgIpc) is 3.57. The molecule has 13 nitrogen and oxygen atoms in total. The number of unbranched alkanes of at least 4 members (excludes halogenated alkanes) is 1. The number of urea groups is 1. The molecule has 0 saturated carbocycles. The monoisotopic (exact) mass is 569 g/mol. The van der Waals surface area contributed by atoms with Crippen LogP contribution in [0.15, 0.2) is 12.2 Å². The Balaban J connectivity index is 1.02. The zero-order valence-electron chi connectivity index (χ0n) is 22.1. The summed E-state index contributed by atoms with van der Waals surface area (Å²) in [7, 11) is 0. The number of thioether (sulfide) groups is 1. The number of rotatable bonds is 20. The molecule has 3 aliphatic rings. The molecule has 4 N–H and O–H groups in total. The van der Waals surface area contributed by atoms with Crippen LogP contribution >= 0.6 is 11.8 Å². The maximum absolute atomic E-state index is 12.0. The van der Waals surface area contributed by atoms with Crippen LogP contribution in [0.25, 0.3) is 0 Å². The van der Waals surface area contributed by atoms with Crippen molar-refractivity contribution in [2.24, 2.45) is 0 Å². The number of fused-ring (bicyclic) bond motifs is 1. The molecular formula is C25H39N5O8S. The third-order valence-corrected chi connectivity index (χ3v) is 7.93. The molecule has 3 heterocycles. The van der Waals surface area contributed by atoms with Crippen LogP contribution in [0.2, 0.25) is 0 Å². The molecule has 6 amide bonds. The summed E-state index contributed by atoms with van der Waals surface area (Å²) in [6.07, 6.45) is 5.70. The van der Waals surface area contributed by atoms with Gasteiger partial charge in [-0.25, -0.2) is 4.79 Å². The lowest BCUT2D eigenvalue weighted by Crippen LogP contribution is -2.36. The van der Waals surface area contributed by atoms with E-state index in [0.29, 0.717) is 64.4 Å². The first-order valence-electron chi connectivity index (χ1n) is 13.4. The molecule has 3 atom stereocenters. The van der Waals surface area contributed by atoms with Crippen molar-refractivity contribution in [1.82, 2.24) is 26.2 Å². The Morgan fingerprint density at radius 3 is 2.08 bits per heavy atom. The van der Waals surface area contributed by atoms with Crippen molar-refractivity contribution in [3.63, 3.8) is 0 Å². The quantitative estimate of drug-likeness (QED) is 0.0844. The smallest absolute Gasteiger partial charge is 0.315 e. The Bertz CT molecular complexity index is 871. The van der Waals surface area contributed by atoms with E-state index in [0.717, 1.165) is 29.9 Å². The van der Waals surface area contributed by atoms with Gasteiger partial charge in [0.1, 0.15) is 0 Å². The third-order valence-electron chi connectivity index (χ3n) is 6.42. The number of imide groups is 1. The Kier molecular flexibility index (Phi) is 13.5. The molecule has 3 rings (SSSR count). The molecule has 0 aromatic carbocycles. The van der Waals surface area contributed by atoms with Gasteiger partial charge in [-0.05, 0) is 12.8 Å². The molecule has 0 aromatic rings. The number of carbonyl (C=O) groups is 5. The number of nitrogens with zero attached hydrogens (tertiary/aromatic N) is 1. The van der Waals surface area contributed by atoms with Gasteiger partial charge >= 0.3 is 6.03 Å². The second kappa shape index (κ2) is 17.1. The zero-order valence-corrected chi connectivity index (χ0v) is 22.9. The van der Waals surface area contributed by atoms with E-state index in [9.17, 15) is 24.0 Å². The molecule has 0 bridgehead atoms. The fourth-order valence-corrected chi connectivity index (χ4v) is 5.93. The zero-order chi connectivity index (χ0) is 27.9. The molecule has 0 aromatic heterocycles. The summed E-state index contributed by atoms with van der Waals surface area (Å²) < 4.78 is 16.2. The lowest BCUT2D eigenvalue weighted by atomic mass is 10.0. The number of hydrogen-bond donors (Lipinski definition) is 4. The fourth-order valence-electron chi connectivity index (χ4n) is 4.38. The topological polar surface area (TPSA) is 164 Å². The van der Waals surface area contributed by atoms with Crippen LogP contribution in [-0.2, 0) is 33.4 Å². The van der Waals surface area contributed by atoms with E-state index in [4.69, 9.17) is 14.2 Å². The van der Waals surface area contributed by atoms with Crippen molar-refractivity contribution < 1.29 is 38.2 Å². The van der Waals surface area contributed by atoms with Gasteiger partial charge in [-0.1, -0.05) is 6.42 Å². The average molecular weight is 570 g/mol. The van der Waals surface area contributed by atoms with E-state index >= 15 is 0 Å². The number of amides is 6. The van der Waals surface area contributed by atoms with Gasteiger partial charge in [0.25, 0.3) is 11.8 Å². The van der Waals surface area contributed by atoms with E-state index in [2.05, 4.69) is 21.3 Å².